The predicted octanol–water partition coefficient (Wildman–Crippen LogP) is 0.485. The van der Waals surface area contributed by atoms with Gasteiger partial charge in [-0.15, -0.1) is 0 Å². The normalized spacial score (nSPS) is 21.1. The van der Waals surface area contributed by atoms with Crippen molar-refractivity contribution in [3.05, 3.63) is 12.2 Å². The number of esters is 1. The molecule has 0 bridgehead atoms. The van der Waals surface area contributed by atoms with Crippen LogP contribution in [0.5, 0.6) is 0 Å². The van der Waals surface area contributed by atoms with Gasteiger partial charge in [0.15, 0.2) is 0 Å². The first-order valence-electron chi connectivity index (χ1n) is 5.08. The summed E-state index contributed by atoms with van der Waals surface area (Å²) in [5.41, 5.74) is 0. The minimum atomic E-state index is -0.974. The lowest BCUT2D eigenvalue weighted by atomic mass is 10.2. The van der Waals surface area contributed by atoms with Gasteiger partial charge in [-0.1, -0.05) is 0 Å². The van der Waals surface area contributed by atoms with Crippen molar-refractivity contribution in [1.29, 1.82) is 0 Å². The fourth-order valence-electron chi connectivity index (χ4n) is 1.34. The molecule has 1 N–H and O–H groups in total. The summed E-state index contributed by atoms with van der Waals surface area (Å²) < 4.78 is 9.98. The highest BCUT2D eigenvalue weighted by Crippen LogP contribution is 2.06. The van der Waals surface area contributed by atoms with Gasteiger partial charge >= 0.3 is 12.1 Å². The SMILES string of the molecule is CCOC(=O)C=C[C@H]1CN(C(=O)O)CCO1. The molecule has 1 heterocycles. The van der Waals surface area contributed by atoms with Crippen molar-refractivity contribution in [3.63, 3.8) is 0 Å². The van der Waals surface area contributed by atoms with E-state index in [9.17, 15) is 9.59 Å². The van der Waals surface area contributed by atoms with Crippen molar-refractivity contribution in [2.45, 2.75) is 13.0 Å². The molecule has 6 nitrogen and oxygen atoms in total. The quantitative estimate of drug-likeness (QED) is 0.563. The van der Waals surface area contributed by atoms with Gasteiger partial charge in [-0.05, 0) is 13.0 Å². The molecule has 1 amide bonds. The van der Waals surface area contributed by atoms with Crippen LogP contribution in [0, 0.1) is 0 Å². The second-order valence-corrected chi connectivity index (χ2v) is 3.25. The first kappa shape index (κ1) is 12.5. The van der Waals surface area contributed by atoms with E-state index < -0.39 is 12.1 Å². The van der Waals surface area contributed by atoms with Gasteiger partial charge in [-0.25, -0.2) is 9.59 Å². The highest BCUT2D eigenvalue weighted by molar-refractivity contribution is 5.82. The van der Waals surface area contributed by atoms with E-state index in [0.29, 0.717) is 19.8 Å². The number of nitrogens with zero attached hydrogens (tertiary/aromatic N) is 1. The molecule has 90 valence electrons. The number of carbonyl (C=O) groups is 2. The number of morpholine rings is 1. The fourth-order valence-corrected chi connectivity index (χ4v) is 1.34. The first-order valence-corrected chi connectivity index (χ1v) is 5.08. The molecule has 0 aliphatic carbocycles. The van der Waals surface area contributed by atoms with Gasteiger partial charge in [0.2, 0.25) is 0 Å². The van der Waals surface area contributed by atoms with E-state index in [-0.39, 0.29) is 12.6 Å². The van der Waals surface area contributed by atoms with Crippen molar-refractivity contribution in [2.24, 2.45) is 0 Å². The maximum Gasteiger partial charge on any atom is 0.407 e. The molecule has 0 radical (unpaired) electrons. The van der Waals surface area contributed by atoms with Crippen LogP contribution in [0.4, 0.5) is 4.79 Å². The molecule has 0 aromatic heterocycles. The van der Waals surface area contributed by atoms with Gasteiger partial charge in [0.05, 0.1) is 25.9 Å². The molecule has 1 rings (SSSR count). The van der Waals surface area contributed by atoms with E-state index in [1.54, 1.807) is 6.92 Å². The van der Waals surface area contributed by atoms with Gasteiger partial charge in [-0.3, -0.25) is 0 Å². The van der Waals surface area contributed by atoms with Crippen LogP contribution < -0.4 is 0 Å². The zero-order chi connectivity index (χ0) is 12.0. The van der Waals surface area contributed by atoms with Crippen LogP contribution in [0.3, 0.4) is 0 Å². The van der Waals surface area contributed by atoms with Crippen molar-refractivity contribution in [3.8, 4) is 0 Å². The van der Waals surface area contributed by atoms with E-state index in [1.807, 2.05) is 0 Å². The molecule has 6 heteroatoms. The third-order valence-corrected chi connectivity index (χ3v) is 2.10. The maximum atomic E-state index is 11.0. The lowest BCUT2D eigenvalue weighted by Crippen LogP contribution is -2.44. The molecular weight excluding hydrogens is 214 g/mol. The lowest BCUT2D eigenvalue weighted by Gasteiger charge is -2.29. The minimum Gasteiger partial charge on any atom is -0.465 e. The van der Waals surface area contributed by atoms with Crippen LogP contribution in [0.15, 0.2) is 12.2 Å². The van der Waals surface area contributed by atoms with E-state index in [1.165, 1.54) is 17.1 Å². The third kappa shape index (κ3) is 3.90. The smallest absolute Gasteiger partial charge is 0.407 e. The van der Waals surface area contributed by atoms with E-state index in [0.717, 1.165) is 0 Å². The van der Waals surface area contributed by atoms with Crippen molar-refractivity contribution < 1.29 is 24.2 Å². The zero-order valence-electron chi connectivity index (χ0n) is 9.09. The number of rotatable bonds is 3. The Bertz CT molecular complexity index is 289. The number of carbonyl (C=O) groups excluding carboxylic acids is 1. The average Bonchev–Trinajstić information content (AvgIpc) is 2.27. The van der Waals surface area contributed by atoms with Crippen molar-refractivity contribution >= 4 is 12.1 Å². The molecular formula is C10H15NO5. The average molecular weight is 229 g/mol. The second-order valence-electron chi connectivity index (χ2n) is 3.25. The first-order chi connectivity index (χ1) is 7.63. The van der Waals surface area contributed by atoms with Crippen molar-refractivity contribution in [1.82, 2.24) is 4.90 Å². The molecule has 1 saturated heterocycles. The van der Waals surface area contributed by atoms with Crippen LogP contribution in [-0.4, -0.2) is 54.5 Å². The van der Waals surface area contributed by atoms with Gasteiger partial charge in [0, 0.05) is 12.6 Å². The van der Waals surface area contributed by atoms with Crippen LogP contribution in [0.1, 0.15) is 6.92 Å². The Kier molecular flexibility index (Phi) is 4.78. The summed E-state index contributed by atoms with van der Waals surface area (Å²) in [6.07, 6.45) is 1.43. The molecule has 1 fully saturated rings. The Morgan fingerprint density at radius 2 is 2.38 bits per heavy atom. The third-order valence-electron chi connectivity index (χ3n) is 2.10. The van der Waals surface area contributed by atoms with Gasteiger partial charge < -0.3 is 19.5 Å². The fraction of sp³-hybridized carbons (Fsp3) is 0.600. The summed E-state index contributed by atoms with van der Waals surface area (Å²) in [7, 11) is 0. The highest BCUT2D eigenvalue weighted by Gasteiger charge is 2.21. The molecule has 1 aliphatic rings. The van der Waals surface area contributed by atoms with Crippen LogP contribution in [0.2, 0.25) is 0 Å². The topological polar surface area (TPSA) is 76.1 Å². The largest absolute Gasteiger partial charge is 0.465 e. The highest BCUT2D eigenvalue weighted by atomic mass is 16.5. The number of hydrogen-bond acceptors (Lipinski definition) is 4. The van der Waals surface area contributed by atoms with Crippen LogP contribution in [0.25, 0.3) is 0 Å². The Morgan fingerprint density at radius 1 is 1.62 bits per heavy atom. The van der Waals surface area contributed by atoms with Gasteiger partial charge in [0.25, 0.3) is 0 Å². The van der Waals surface area contributed by atoms with Gasteiger partial charge in [-0.2, -0.15) is 0 Å². The van der Waals surface area contributed by atoms with Crippen LogP contribution in [-0.2, 0) is 14.3 Å². The second kappa shape index (κ2) is 6.12. The summed E-state index contributed by atoms with van der Waals surface area (Å²) >= 11 is 0. The summed E-state index contributed by atoms with van der Waals surface area (Å²) in [5, 5.41) is 8.77. The lowest BCUT2D eigenvalue weighted by molar-refractivity contribution is -0.137. The summed E-state index contributed by atoms with van der Waals surface area (Å²) in [6, 6.07) is 0. The molecule has 0 aromatic rings. The Morgan fingerprint density at radius 3 is 3.00 bits per heavy atom. The van der Waals surface area contributed by atoms with E-state index >= 15 is 0 Å². The van der Waals surface area contributed by atoms with E-state index in [2.05, 4.69) is 0 Å². The van der Waals surface area contributed by atoms with E-state index in [4.69, 9.17) is 14.6 Å². The molecule has 16 heavy (non-hydrogen) atoms. The summed E-state index contributed by atoms with van der Waals surface area (Å²) in [6.45, 7) is 2.97. The molecule has 1 aliphatic heterocycles. The standard InChI is InChI=1S/C10H15NO5/c1-2-15-9(12)4-3-8-7-11(10(13)14)5-6-16-8/h3-4,8H,2,5-7H2,1H3,(H,13,14)/t8-/m0/s1. The zero-order valence-corrected chi connectivity index (χ0v) is 9.09. The number of hydrogen-bond donors (Lipinski definition) is 1. The molecule has 0 saturated carbocycles. The Hall–Kier alpha value is -1.56. The Labute approximate surface area is 93.4 Å². The monoisotopic (exact) mass is 229 g/mol. The number of carboxylic acid groups (broad SMARTS) is 1. The maximum absolute atomic E-state index is 11.0. The molecule has 1 atom stereocenters. The Balaban J connectivity index is 2.42. The van der Waals surface area contributed by atoms with Gasteiger partial charge in [0.1, 0.15) is 0 Å². The predicted molar refractivity (Wildman–Crippen MR) is 55.1 cm³/mol. The number of ether oxygens (including phenoxy) is 2. The summed E-state index contributed by atoms with van der Waals surface area (Å²) in [4.78, 5) is 23.0. The molecule has 0 spiro atoms. The minimum absolute atomic E-state index is 0.241. The van der Waals surface area contributed by atoms with Crippen molar-refractivity contribution in [2.75, 3.05) is 26.3 Å². The molecule has 0 unspecified atom stereocenters. The molecule has 0 aromatic carbocycles. The van der Waals surface area contributed by atoms with Crippen LogP contribution >= 0.6 is 0 Å². The summed E-state index contributed by atoms with van der Waals surface area (Å²) in [5.74, 6) is -0.446. The number of amides is 1.